The summed E-state index contributed by atoms with van der Waals surface area (Å²) in [6.07, 6.45) is 5.93. The zero-order chi connectivity index (χ0) is 10.3. The van der Waals surface area contributed by atoms with Gasteiger partial charge in [0.15, 0.2) is 0 Å². The summed E-state index contributed by atoms with van der Waals surface area (Å²) >= 11 is 5.34. The Hall–Kier alpha value is 0.140. The molecule has 15 heavy (non-hydrogen) atoms. The lowest BCUT2D eigenvalue weighted by molar-refractivity contribution is 0.404. The summed E-state index contributed by atoms with van der Waals surface area (Å²) < 4.78 is 1.24. The molecule has 0 amide bonds. The van der Waals surface area contributed by atoms with Gasteiger partial charge in [-0.3, -0.25) is 0 Å². The second kappa shape index (κ2) is 3.86. The minimum atomic E-state index is 0.731. The third-order valence-corrected chi connectivity index (χ3v) is 5.36. The van der Waals surface area contributed by atoms with E-state index in [0.29, 0.717) is 0 Å². The molecular weight excluding hydrogens is 270 g/mol. The van der Waals surface area contributed by atoms with Crippen LogP contribution in [-0.2, 0) is 6.54 Å². The summed E-state index contributed by atoms with van der Waals surface area (Å²) in [6, 6.07) is 4.34. The zero-order valence-corrected chi connectivity index (χ0v) is 11.2. The van der Waals surface area contributed by atoms with E-state index in [0.717, 1.165) is 17.9 Å². The van der Waals surface area contributed by atoms with Crippen LogP contribution >= 0.6 is 27.3 Å². The summed E-state index contributed by atoms with van der Waals surface area (Å²) in [4.78, 5) is 1.44. The van der Waals surface area contributed by atoms with Gasteiger partial charge in [-0.1, -0.05) is 0 Å². The molecule has 0 saturated heterocycles. The van der Waals surface area contributed by atoms with Gasteiger partial charge < -0.3 is 5.32 Å². The van der Waals surface area contributed by atoms with Crippen molar-refractivity contribution < 1.29 is 0 Å². The van der Waals surface area contributed by atoms with Crippen LogP contribution in [0.2, 0.25) is 0 Å². The Morgan fingerprint density at radius 1 is 1.40 bits per heavy atom. The van der Waals surface area contributed by atoms with E-state index in [2.05, 4.69) is 33.4 Å². The van der Waals surface area contributed by atoms with Crippen molar-refractivity contribution in [3.05, 3.63) is 20.8 Å². The molecule has 82 valence electrons. The molecule has 2 saturated carbocycles. The van der Waals surface area contributed by atoms with Crippen molar-refractivity contribution in [1.29, 1.82) is 0 Å². The smallest absolute Gasteiger partial charge is 0.0701 e. The number of thiophene rings is 1. The van der Waals surface area contributed by atoms with Crippen molar-refractivity contribution in [1.82, 2.24) is 5.32 Å². The molecule has 1 nitrogen and oxygen atoms in total. The van der Waals surface area contributed by atoms with Gasteiger partial charge in [0.2, 0.25) is 0 Å². The SMILES string of the molecule is Brc1ccc(CNCC2(C3CC3)CC2)s1. The molecule has 0 bridgehead atoms. The third kappa shape index (κ3) is 2.29. The van der Waals surface area contributed by atoms with Crippen LogP contribution in [0.3, 0.4) is 0 Å². The molecule has 1 N–H and O–H groups in total. The topological polar surface area (TPSA) is 12.0 Å². The molecule has 0 aromatic carbocycles. The average Bonchev–Trinajstić information content (AvgIpc) is 3.08. The number of halogens is 1. The van der Waals surface area contributed by atoms with Crippen LogP contribution in [-0.4, -0.2) is 6.54 Å². The Morgan fingerprint density at radius 3 is 2.73 bits per heavy atom. The molecule has 1 heterocycles. The second-order valence-electron chi connectivity index (χ2n) is 4.95. The predicted molar refractivity (Wildman–Crippen MR) is 68.1 cm³/mol. The normalized spacial score (nSPS) is 23.0. The average molecular weight is 286 g/mol. The summed E-state index contributed by atoms with van der Waals surface area (Å²) in [6.45, 7) is 2.29. The number of rotatable bonds is 5. The molecule has 0 unspecified atom stereocenters. The second-order valence-corrected chi connectivity index (χ2v) is 7.49. The van der Waals surface area contributed by atoms with E-state index in [1.165, 1.54) is 40.9 Å². The highest BCUT2D eigenvalue weighted by Crippen LogP contribution is 2.60. The zero-order valence-electron chi connectivity index (χ0n) is 8.76. The molecule has 0 spiro atoms. The van der Waals surface area contributed by atoms with Crippen molar-refractivity contribution in [3.8, 4) is 0 Å². The fourth-order valence-corrected chi connectivity index (χ4v) is 3.92. The molecule has 0 aliphatic heterocycles. The van der Waals surface area contributed by atoms with Gasteiger partial charge in [0.25, 0.3) is 0 Å². The first-order valence-corrected chi connectivity index (χ1v) is 7.34. The number of hydrogen-bond donors (Lipinski definition) is 1. The van der Waals surface area contributed by atoms with Crippen molar-refractivity contribution in [2.24, 2.45) is 11.3 Å². The molecule has 3 rings (SSSR count). The fraction of sp³-hybridized carbons (Fsp3) is 0.667. The first-order valence-electron chi connectivity index (χ1n) is 5.73. The highest BCUT2D eigenvalue weighted by Gasteiger charge is 2.53. The van der Waals surface area contributed by atoms with Gasteiger partial charge in [-0.2, -0.15) is 0 Å². The third-order valence-electron chi connectivity index (χ3n) is 3.74. The standard InChI is InChI=1S/C12H16BrNS/c13-11-4-3-10(15-11)7-14-8-12(5-6-12)9-1-2-9/h3-4,9,14H,1-2,5-8H2. The molecule has 2 aliphatic rings. The minimum Gasteiger partial charge on any atom is -0.311 e. The quantitative estimate of drug-likeness (QED) is 0.868. The van der Waals surface area contributed by atoms with Crippen LogP contribution in [0.4, 0.5) is 0 Å². The van der Waals surface area contributed by atoms with E-state index >= 15 is 0 Å². The molecular formula is C12H16BrNS. The van der Waals surface area contributed by atoms with Crippen molar-refractivity contribution in [2.75, 3.05) is 6.54 Å². The van der Waals surface area contributed by atoms with Crippen LogP contribution in [0.15, 0.2) is 15.9 Å². The van der Waals surface area contributed by atoms with Gasteiger partial charge in [-0.15, -0.1) is 11.3 Å². The van der Waals surface area contributed by atoms with Gasteiger partial charge in [0.05, 0.1) is 3.79 Å². The van der Waals surface area contributed by atoms with Crippen LogP contribution in [0.1, 0.15) is 30.6 Å². The Balaban J connectivity index is 1.47. The maximum Gasteiger partial charge on any atom is 0.0701 e. The maximum atomic E-state index is 3.63. The fourth-order valence-electron chi connectivity index (χ4n) is 2.47. The largest absolute Gasteiger partial charge is 0.311 e. The molecule has 2 aliphatic carbocycles. The summed E-state index contributed by atoms with van der Waals surface area (Å²) in [5.41, 5.74) is 0.731. The first-order chi connectivity index (χ1) is 7.28. The van der Waals surface area contributed by atoms with Gasteiger partial charge in [0, 0.05) is 18.0 Å². The molecule has 1 aromatic heterocycles. The lowest BCUT2D eigenvalue weighted by Gasteiger charge is -2.14. The van der Waals surface area contributed by atoms with E-state index < -0.39 is 0 Å². The molecule has 0 atom stereocenters. The summed E-state index contributed by atoms with van der Waals surface area (Å²) in [5, 5.41) is 3.63. The van der Waals surface area contributed by atoms with Crippen LogP contribution in [0.5, 0.6) is 0 Å². The summed E-state index contributed by atoms with van der Waals surface area (Å²) in [5.74, 6) is 1.07. The van der Waals surface area contributed by atoms with Crippen LogP contribution < -0.4 is 5.32 Å². The predicted octanol–water partition coefficient (Wildman–Crippen LogP) is 3.79. The van der Waals surface area contributed by atoms with E-state index in [1.54, 1.807) is 0 Å². The molecule has 1 aromatic rings. The Bertz CT molecular complexity index is 352. The van der Waals surface area contributed by atoms with Crippen LogP contribution in [0, 0.1) is 11.3 Å². The Morgan fingerprint density at radius 2 is 2.20 bits per heavy atom. The minimum absolute atomic E-state index is 0.731. The Labute approximate surface area is 103 Å². The van der Waals surface area contributed by atoms with Gasteiger partial charge in [-0.25, -0.2) is 0 Å². The highest BCUT2D eigenvalue weighted by atomic mass is 79.9. The lowest BCUT2D eigenvalue weighted by atomic mass is 10.0. The monoisotopic (exact) mass is 285 g/mol. The maximum absolute atomic E-state index is 3.63. The van der Waals surface area contributed by atoms with Gasteiger partial charge in [0.1, 0.15) is 0 Å². The summed E-state index contributed by atoms with van der Waals surface area (Å²) in [7, 11) is 0. The van der Waals surface area contributed by atoms with Crippen molar-refractivity contribution in [3.63, 3.8) is 0 Å². The first kappa shape index (κ1) is 10.3. The molecule has 0 radical (unpaired) electrons. The Kier molecular flexibility index (Phi) is 2.65. The van der Waals surface area contributed by atoms with E-state index in [9.17, 15) is 0 Å². The van der Waals surface area contributed by atoms with E-state index in [-0.39, 0.29) is 0 Å². The van der Waals surface area contributed by atoms with Crippen molar-refractivity contribution in [2.45, 2.75) is 32.2 Å². The lowest BCUT2D eigenvalue weighted by Crippen LogP contribution is -2.24. The molecule has 2 fully saturated rings. The van der Waals surface area contributed by atoms with E-state index in [1.807, 2.05) is 11.3 Å². The van der Waals surface area contributed by atoms with Crippen LogP contribution in [0.25, 0.3) is 0 Å². The van der Waals surface area contributed by atoms with E-state index in [4.69, 9.17) is 0 Å². The van der Waals surface area contributed by atoms with Gasteiger partial charge in [-0.05, 0) is 65.1 Å². The number of nitrogens with one attached hydrogen (secondary N) is 1. The molecule has 3 heteroatoms. The number of hydrogen-bond acceptors (Lipinski definition) is 2. The van der Waals surface area contributed by atoms with Gasteiger partial charge >= 0.3 is 0 Å². The highest BCUT2D eigenvalue weighted by molar-refractivity contribution is 9.11. The van der Waals surface area contributed by atoms with Crippen molar-refractivity contribution >= 4 is 27.3 Å².